The van der Waals surface area contributed by atoms with Gasteiger partial charge in [-0.2, -0.15) is 5.10 Å². The fraction of sp³-hybridized carbons (Fsp3) is 0.318. The highest BCUT2D eigenvalue weighted by Gasteiger charge is 2.21. The van der Waals surface area contributed by atoms with Crippen LogP contribution < -0.4 is 9.47 Å². The topological polar surface area (TPSA) is 93.0 Å². The predicted octanol–water partition coefficient (Wildman–Crippen LogP) is 3.93. The van der Waals surface area contributed by atoms with Crippen molar-refractivity contribution < 1.29 is 24.2 Å². The molecule has 1 aliphatic rings. The lowest BCUT2D eigenvalue weighted by Crippen LogP contribution is -2.34. The first-order valence-electron chi connectivity index (χ1n) is 9.77. The summed E-state index contributed by atoms with van der Waals surface area (Å²) in [5.41, 5.74) is 1.62. The third kappa shape index (κ3) is 5.50. The number of aromatic hydroxyl groups is 1. The number of carbonyl (C=O) groups excluding carboxylic acids is 1. The summed E-state index contributed by atoms with van der Waals surface area (Å²) in [4.78, 5) is 17.3. The first-order valence-corrected chi connectivity index (χ1v) is 9.77. The number of carbonyl (C=O) groups is 1. The Balaban J connectivity index is 1.78. The highest BCUT2D eigenvalue weighted by Crippen LogP contribution is 2.33. The predicted molar refractivity (Wildman–Crippen MR) is 113 cm³/mol. The Kier molecular flexibility index (Phi) is 7.26. The molecule has 158 valence electrons. The molecule has 0 bridgehead atoms. The second-order valence-corrected chi connectivity index (χ2v) is 6.60. The molecule has 1 aliphatic heterocycles. The number of hydrogen-bond acceptors (Lipinski definition) is 7. The maximum absolute atomic E-state index is 12.3. The first-order chi connectivity index (χ1) is 14.6. The number of benzene rings is 2. The molecule has 8 nitrogen and oxygen atoms in total. The van der Waals surface area contributed by atoms with E-state index in [1.807, 2.05) is 19.1 Å². The molecule has 30 heavy (non-hydrogen) atoms. The van der Waals surface area contributed by atoms with Gasteiger partial charge in [-0.15, -0.1) is 0 Å². The van der Waals surface area contributed by atoms with E-state index in [1.54, 1.807) is 43.7 Å². The lowest BCUT2D eigenvalue weighted by molar-refractivity contribution is -0.136. The van der Waals surface area contributed by atoms with Crippen molar-refractivity contribution in [3.05, 3.63) is 48.0 Å². The summed E-state index contributed by atoms with van der Waals surface area (Å²) in [6, 6.07) is 12.0. The summed E-state index contributed by atoms with van der Waals surface area (Å²) < 4.78 is 11.3. The van der Waals surface area contributed by atoms with Crippen LogP contribution in [0.5, 0.6) is 23.0 Å². The number of methoxy groups -OCH3 is 1. The molecule has 0 unspecified atom stereocenters. The normalized spacial score (nSPS) is 13.8. The molecule has 0 atom stereocenters. The largest absolute Gasteiger partial charge is 0.508 e. The van der Waals surface area contributed by atoms with Crippen LogP contribution in [0.1, 0.15) is 31.7 Å². The molecule has 1 N–H and O–H groups in total. The molecule has 0 fully saturated rings. The summed E-state index contributed by atoms with van der Waals surface area (Å²) in [7, 11) is 1.57. The second kappa shape index (κ2) is 10.3. The summed E-state index contributed by atoms with van der Waals surface area (Å²) >= 11 is 0. The summed E-state index contributed by atoms with van der Waals surface area (Å²) in [5.74, 6) is 1.57. The molecule has 1 heterocycles. The number of hydrogen-bond donors (Lipinski definition) is 1. The van der Waals surface area contributed by atoms with Crippen LogP contribution >= 0.6 is 0 Å². The number of rotatable bonds is 8. The molecule has 0 spiro atoms. The molecule has 2 aromatic carbocycles. The van der Waals surface area contributed by atoms with Gasteiger partial charge in [-0.25, -0.2) is 5.01 Å². The van der Waals surface area contributed by atoms with Crippen molar-refractivity contribution in [2.75, 3.05) is 20.3 Å². The summed E-state index contributed by atoms with van der Waals surface area (Å²) in [5, 5.41) is 19.1. The molecule has 0 aromatic heterocycles. The van der Waals surface area contributed by atoms with Crippen molar-refractivity contribution in [2.45, 2.75) is 26.2 Å². The Morgan fingerprint density at radius 3 is 2.77 bits per heavy atom. The van der Waals surface area contributed by atoms with Crippen LogP contribution in [-0.2, 0) is 9.63 Å². The highest BCUT2D eigenvalue weighted by atomic mass is 16.6. The van der Waals surface area contributed by atoms with Gasteiger partial charge in [-0.05, 0) is 61.7 Å². The van der Waals surface area contributed by atoms with E-state index in [4.69, 9.17) is 14.3 Å². The van der Waals surface area contributed by atoms with E-state index in [9.17, 15) is 9.90 Å². The maximum Gasteiger partial charge on any atom is 0.283 e. The van der Waals surface area contributed by atoms with Gasteiger partial charge in [-0.1, -0.05) is 12.1 Å². The van der Waals surface area contributed by atoms with Crippen LogP contribution in [0.25, 0.3) is 0 Å². The Morgan fingerprint density at radius 2 is 2.03 bits per heavy atom. The molecule has 8 heteroatoms. The Morgan fingerprint density at radius 1 is 1.23 bits per heavy atom. The van der Waals surface area contributed by atoms with E-state index in [1.165, 1.54) is 5.01 Å². The van der Waals surface area contributed by atoms with Crippen molar-refractivity contribution in [2.24, 2.45) is 10.3 Å². The van der Waals surface area contributed by atoms with Gasteiger partial charge in [0.2, 0.25) is 0 Å². The number of oxime groups is 1. The van der Waals surface area contributed by atoms with Gasteiger partial charge >= 0.3 is 0 Å². The molecule has 0 aliphatic carbocycles. The van der Waals surface area contributed by atoms with Gasteiger partial charge in [0.15, 0.2) is 18.1 Å². The lowest BCUT2D eigenvalue weighted by Gasteiger charge is -2.23. The Hall–Kier alpha value is -3.55. The Labute approximate surface area is 175 Å². The fourth-order valence-electron chi connectivity index (χ4n) is 2.90. The number of phenols is 1. The van der Waals surface area contributed by atoms with Gasteiger partial charge < -0.3 is 19.4 Å². The minimum Gasteiger partial charge on any atom is -0.508 e. The average Bonchev–Trinajstić information content (AvgIpc) is 2.78. The number of phenolic OH excluding ortho intramolecular Hbond substituents is 1. The van der Waals surface area contributed by atoms with E-state index >= 15 is 0 Å². The zero-order chi connectivity index (χ0) is 21.3. The average molecular weight is 411 g/mol. The van der Waals surface area contributed by atoms with Crippen molar-refractivity contribution in [1.82, 2.24) is 5.01 Å². The van der Waals surface area contributed by atoms with Crippen molar-refractivity contribution in [3.8, 4) is 23.0 Å². The third-order valence-electron chi connectivity index (χ3n) is 4.39. The SMILES string of the molecule is CC/C=N/OCC(=O)N1CCCC(c2ccc(OC)c(Oc3ccc(O)cc3)c2)=N1. The zero-order valence-corrected chi connectivity index (χ0v) is 17.1. The van der Waals surface area contributed by atoms with Gasteiger partial charge in [0.1, 0.15) is 11.5 Å². The van der Waals surface area contributed by atoms with Gasteiger partial charge in [0.25, 0.3) is 5.91 Å². The summed E-state index contributed by atoms with van der Waals surface area (Å²) in [6.07, 6.45) is 3.88. The molecule has 0 saturated carbocycles. The van der Waals surface area contributed by atoms with Crippen LogP contribution in [0.15, 0.2) is 52.7 Å². The smallest absolute Gasteiger partial charge is 0.283 e. The monoisotopic (exact) mass is 411 g/mol. The van der Waals surface area contributed by atoms with E-state index in [2.05, 4.69) is 10.3 Å². The van der Waals surface area contributed by atoms with E-state index in [-0.39, 0.29) is 18.3 Å². The van der Waals surface area contributed by atoms with E-state index in [0.29, 0.717) is 23.8 Å². The molecule has 0 radical (unpaired) electrons. The quantitative estimate of drug-likeness (QED) is 0.525. The van der Waals surface area contributed by atoms with E-state index in [0.717, 1.165) is 30.5 Å². The van der Waals surface area contributed by atoms with Gasteiger partial charge in [0, 0.05) is 18.3 Å². The van der Waals surface area contributed by atoms with Crippen LogP contribution in [0.2, 0.25) is 0 Å². The zero-order valence-electron chi connectivity index (χ0n) is 17.1. The number of ether oxygens (including phenoxy) is 2. The standard InChI is InChI=1S/C22H25N3O5/c1-3-12-23-29-15-22(27)25-13-4-5-19(24-25)16-6-11-20(28-2)21(14-16)30-18-9-7-17(26)8-10-18/h6-12,14,26H,3-5,13,15H2,1-2H3/b23-12+. The minimum atomic E-state index is -0.241. The molecule has 0 saturated heterocycles. The number of amides is 1. The highest BCUT2D eigenvalue weighted by molar-refractivity contribution is 6.02. The van der Waals surface area contributed by atoms with E-state index < -0.39 is 0 Å². The fourth-order valence-corrected chi connectivity index (χ4v) is 2.90. The van der Waals surface area contributed by atoms with Crippen molar-refractivity contribution in [1.29, 1.82) is 0 Å². The molecule has 1 amide bonds. The maximum atomic E-state index is 12.3. The van der Waals surface area contributed by atoms with Crippen molar-refractivity contribution in [3.63, 3.8) is 0 Å². The number of hydrazone groups is 1. The Bertz CT molecular complexity index is 925. The third-order valence-corrected chi connectivity index (χ3v) is 4.39. The van der Waals surface area contributed by atoms with Crippen LogP contribution in [0.4, 0.5) is 0 Å². The van der Waals surface area contributed by atoms with Crippen LogP contribution in [0.3, 0.4) is 0 Å². The summed E-state index contributed by atoms with van der Waals surface area (Å²) in [6.45, 7) is 2.33. The van der Waals surface area contributed by atoms with Gasteiger partial charge in [-0.3, -0.25) is 4.79 Å². The second-order valence-electron chi connectivity index (χ2n) is 6.60. The van der Waals surface area contributed by atoms with Crippen molar-refractivity contribution >= 4 is 17.8 Å². The molecule has 3 rings (SSSR count). The molecular formula is C22H25N3O5. The molecule has 2 aromatic rings. The number of nitrogens with zero attached hydrogens (tertiary/aromatic N) is 3. The van der Waals surface area contributed by atoms with Crippen LogP contribution in [-0.4, -0.2) is 48.2 Å². The van der Waals surface area contributed by atoms with Crippen LogP contribution in [0, 0.1) is 0 Å². The minimum absolute atomic E-state index is 0.148. The lowest BCUT2D eigenvalue weighted by atomic mass is 10.0. The first kappa shape index (κ1) is 21.2. The van der Waals surface area contributed by atoms with Gasteiger partial charge in [0.05, 0.1) is 12.8 Å². The molecular weight excluding hydrogens is 386 g/mol.